The zero-order valence-electron chi connectivity index (χ0n) is 17.5. The number of carbonyl (C=O) groups is 4. The van der Waals surface area contributed by atoms with E-state index in [1.165, 1.54) is 13.8 Å². The van der Waals surface area contributed by atoms with E-state index in [0.717, 1.165) is 52.4 Å². The Morgan fingerprint density at radius 2 is 1.73 bits per heavy atom. The Labute approximate surface area is 174 Å². The predicted octanol–water partition coefficient (Wildman–Crippen LogP) is 1.79. The van der Waals surface area contributed by atoms with Crippen molar-refractivity contribution in [3.63, 3.8) is 0 Å². The molecule has 162 valence electrons. The summed E-state index contributed by atoms with van der Waals surface area (Å²) in [5.74, 6) is -4.76. The van der Waals surface area contributed by atoms with Gasteiger partial charge in [0.25, 0.3) is 0 Å². The van der Waals surface area contributed by atoms with Crippen LogP contribution in [0.5, 0.6) is 0 Å². The number of rotatable bonds is 4. The van der Waals surface area contributed by atoms with E-state index >= 15 is 0 Å². The van der Waals surface area contributed by atoms with Crippen LogP contribution in [0.4, 0.5) is 0 Å². The number of methoxy groups -OCH3 is 2. The molecule has 1 fully saturated rings. The van der Waals surface area contributed by atoms with Crippen molar-refractivity contribution < 1.29 is 38.1 Å². The summed E-state index contributed by atoms with van der Waals surface area (Å²) in [6.07, 6.45) is 5.83. The fourth-order valence-electron chi connectivity index (χ4n) is 4.17. The monoisotopic (exact) mass is 419 g/mol. The first-order chi connectivity index (χ1) is 14.2. The van der Waals surface area contributed by atoms with E-state index in [0.29, 0.717) is 0 Å². The number of hydrogen-bond acceptors (Lipinski definition) is 9. The summed E-state index contributed by atoms with van der Waals surface area (Å²) in [6, 6.07) is -0.106. The normalized spacial score (nSPS) is 28.7. The maximum Gasteiger partial charge on any atom is 0.344 e. The molecule has 1 aliphatic carbocycles. The molecule has 0 aromatic heterocycles. The number of aliphatic imine (C=N–C) groups is 1. The minimum atomic E-state index is -1.84. The van der Waals surface area contributed by atoms with Crippen molar-refractivity contribution in [1.29, 1.82) is 0 Å². The minimum Gasteiger partial charge on any atom is -0.466 e. The summed E-state index contributed by atoms with van der Waals surface area (Å²) in [6.45, 7) is 2.85. The molecule has 9 nitrogen and oxygen atoms in total. The molecule has 0 spiro atoms. The van der Waals surface area contributed by atoms with Crippen molar-refractivity contribution in [2.45, 2.75) is 57.6 Å². The second-order valence-corrected chi connectivity index (χ2v) is 7.68. The highest BCUT2D eigenvalue weighted by Crippen LogP contribution is 2.43. The molecule has 0 amide bonds. The van der Waals surface area contributed by atoms with Crippen LogP contribution in [0.1, 0.15) is 46.0 Å². The largest absolute Gasteiger partial charge is 0.466 e. The Bertz CT molecular complexity index is 877. The van der Waals surface area contributed by atoms with Gasteiger partial charge in [-0.15, -0.1) is 0 Å². The lowest BCUT2D eigenvalue weighted by atomic mass is 9.78. The van der Waals surface area contributed by atoms with Gasteiger partial charge in [0.05, 0.1) is 20.3 Å². The molecule has 0 bridgehead atoms. The van der Waals surface area contributed by atoms with Crippen LogP contribution in [0.3, 0.4) is 0 Å². The van der Waals surface area contributed by atoms with E-state index in [2.05, 4.69) is 4.99 Å². The molecule has 30 heavy (non-hydrogen) atoms. The SMILES string of the molecule is COC(=O)C1=C(C(=O)OC)C(C)(C2C(=O)C=C(C)OC2=O)OC1=NC1CCCCC1. The number of ketones is 1. The van der Waals surface area contributed by atoms with Crippen LogP contribution in [-0.2, 0) is 38.1 Å². The maximum absolute atomic E-state index is 12.7. The second-order valence-electron chi connectivity index (χ2n) is 7.68. The summed E-state index contributed by atoms with van der Waals surface area (Å²) in [7, 11) is 2.29. The number of carbonyl (C=O) groups excluding carboxylic acids is 4. The maximum atomic E-state index is 12.7. The fraction of sp³-hybridized carbons (Fsp3) is 0.571. The molecule has 2 heterocycles. The van der Waals surface area contributed by atoms with Gasteiger partial charge in [0, 0.05) is 6.08 Å². The molecular weight excluding hydrogens is 394 g/mol. The molecule has 3 aliphatic rings. The molecule has 0 N–H and O–H groups in total. The highest BCUT2D eigenvalue weighted by atomic mass is 16.6. The third-order valence-corrected chi connectivity index (χ3v) is 5.60. The van der Waals surface area contributed by atoms with Gasteiger partial charge in [0.2, 0.25) is 5.90 Å². The molecule has 0 radical (unpaired) electrons. The molecule has 0 aromatic carbocycles. The highest BCUT2D eigenvalue weighted by Gasteiger charge is 2.59. The molecule has 0 aromatic rings. The molecule has 2 atom stereocenters. The van der Waals surface area contributed by atoms with Gasteiger partial charge in [-0.05, 0) is 26.7 Å². The highest BCUT2D eigenvalue weighted by molar-refractivity contribution is 6.25. The molecule has 3 rings (SSSR count). The van der Waals surface area contributed by atoms with Crippen molar-refractivity contribution in [3.05, 3.63) is 23.0 Å². The van der Waals surface area contributed by atoms with Gasteiger partial charge in [0.15, 0.2) is 17.3 Å². The first-order valence-electron chi connectivity index (χ1n) is 9.85. The zero-order valence-corrected chi connectivity index (χ0v) is 17.5. The Morgan fingerprint density at radius 1 is 1.10 bits per heavy atom. The van der Waals surface area contributed by atoms with Gasteiger partial charge in [-0.1, -0.05) is 19.3 Å². The first-order valence-corrected chi connectivity index (χ1v) is 9.85. The number of esters is 3. The standard InChI is InChI=1S/C21H25NO8/c1-11-10-13(23)15(20(26)29-11)21(2)16(19(25)28-4)14(18(24)27-3)17(30-21)22-12-8-6-5-7-9-12/h10,12,15H,5-9H2,1-4H3. The molecule has 0 saturated heterocycles. The number of hydrogen-bond donors (Lipinski definition) is 0. The van der Waals surface area contributed by atoms with E-state index in [4.69, 9.17) is 18.9 Å². The summed E-state index contributed by atoms with van der Waals surface area (Å²) >= 11 is 0. The van der Waals surface area contributed by atoms with Gasteiger partial charge in [-0.25, -0.2) is 14.6 Å². The van der Waals surface area contributed by atoms with Crippen LogP contribution in [-0.4, -0.2) is 55.5 Å². The lowest BCUT2D eigenvalue weighted by molar-refractivity contribution is -0.157. The molecule has 2 aliphatic heterocycles. The first kappa shape index (κ1) is 21.7. The zero-order chi connectivity index (χ0) is 22.1. The molecule has 2 unspecified atom stereocenters. The van der Waals surface area contributed by atoms with Crippen LogP contribution in [0.2, 0.25) is 0 Å². The van der Waals surface area contributed by atoms with Crippen molar-refractivity contribution in [1.82, 2.24) is 0 Å². The smallest absolute Gasteiger partial charge is 0.344 e. The number of allylic oxidation sites excluding steroid dienone is 2. The number of ether oxygens (including phenoxy) is 4. The molecule has 1 saturated carbocycles. The van der Waals surface area contributed by atoms with Gasteiger partial charge >= 0.3 is 17.9 Å². The van der Waals surface area contributed by atoms with Gasteiger partial charge in [0.1, 0.15) is 16.9 Å². The fourth-order valence-corrected chi connectivity index (χ4v) is 4.17. The van der Waals surface area contributed by atoms with E-state index in [1.807, 2.05) is 0 Å². The lowest BCUT2D eigenvalue weighted by Crippen LogP contribution is -2.49. The summed E-state index contributed by atoms with van der Waals surface area (Å²) in [4.78, 5) is 55.2. The quantitative estimate of drug-likeness (QED) is 0.385. The predicted molar refractivity (Wildman–Crippen MR) is 103 cm³/mol. The van der Waals surface area contributed by atoms with Crippen LogP contribution >= 0.6 is 0 Å². The van der Waals surface area contributed by atoms with E-state index < -0.39 is 35.2 Å². The van der Waals surface area contributed by atoms with Crippen molar-refractivity contribution in [2.24, 2.45) is 10.9 Å². The molecule has 9 heteroatoms. The van der Waals surface area contributed by atoms with Gasteiger partial charge in [-0.2, -0.15) is 0 Å². The number of cyclic esters (lactones) is 1. The van der Waals surface area contributed by atoms with E-state index in [-0.39, 0.29) is 28.8 Å². The van der Waals surface area contributed by atoms with Crippen LogP contribution in [0.25, 0.3) is 0 Å². The Kier molecular flexibility index (Phi) is 6.09. The summed E-state index contributed by atoms with van der Waals surface area (Å²) < 4.78 is 20.8. The Balaban J connectivity index is 2.17. The average molecular weight is 419 g/mol. The Hall–Kier alpha value is -2.97. The van der Waals surface area contributed by atoms with Crippen molar-refractivity contribution in [3.8, 4) is 0 Å². The third kappa shape index (κ3) is 3.76. The topological polar surface area (TPSA) is 118 Å². The average Bonchev–Trinajstić information content (AvgIpc) is 2.99. The van der Waals surface area contributed by atoms with Crippen LogP contribution < -0.4 is 0 Å². The van der Waals surface area contributed by atoms with Crippen LogP contribution in [0.15, 0.2) is 28.0 Å². The van der Waals surface area contributed by atoms with Gasteiger partial charge in [-0.3, -0.25) is 9.59 Å². The summed E-state index contributed by atoms with van der Waals surface area (Å²) in [5, 5.41) is 0. The number of nitrogens with zero attached hydrogens (tertiary/aromatic N) is 1. The molecular formula is C21H25NO8. The minimum absolute atomic E-state index is 0.106. The Morgan fingerprint density at radius 3 is 2.30 bits per heavy atom. The van der Waals surface area contributed by atoms with E-state index in [1.54, 1.807) is 0 Å². The summed E-state index contributed by atoms with van der Waals surface area (Å²) in [5.41, 5.74) is -2.35. The second kappa shape index (κ2) is 8.41. The van der Waals surface area contributed by atoms with Crippen LogP contribution in [0, 0.1) is 5.92 Å². The van der Waals surface area contributed by atoms with Gasteiger partial charge < -0.3 is 18.9 Å². The third-order valence-electron chi connectivity index (χ3n) is 5.60. The van der Waals surface area contributed by atoms with Crippen molar-refractivity contribution in [2.75, 3.05) is 14.2 Å². The lowest BCUT2D eigenvalue weighted by Gasteiger charge is -2.33. The van der Waals surface area contributed by atoms with E-state index in [9.17, 15) is 19.2 Å². The van der Waals surface area contributed by atoms with Crippen molar-refractivity contribution >= 4 is 29.6 Å².